The molecule has 172 valence electrons. The first-order chi connectivity index (χ1) is 16.0. The summed E-state index contributed by atoms with van der Waals surface area (Å²) in [6, 6.07) is 24.5. The number of carbonyl (C=O) groups excluding carboxylic acids is 1. The van der Waals surface area contributed by atoms with E-state index >= 15 is 0 Å². The molecule has 1 N–H and O–H groups in total. The summed E-state index contributed by atoms with van der Waals surface area (Å²) >= 11 is 0. The largest absolute Gasteiger partial charge is 0.497 e. The number of benzene rings is 3. The van der Waals surface area contributed by atoms with Gasteiger partial charge in [0, 0.05) is 18.5 Å². The highest BCUT2D eigenvalue weighted by molar-refractivity contribution is 5.78. The average molecular weight is 448 g/mol. The number of methoxy groups -OCH3 is 2. The van der Waals surface area contributed by atoms with E-state index in [1.807, 2.05) is 54.6 Å². The van der Waals surface area contributed by atoms with Crippen molar-refractivity contribution in [3.05, 3.63) is 95.6 Å². The molecule has 0 aromatic heterocycles. The van der Waals surface area contributed by atoms with Crippen LogP contribution in [-0.2, 0) is 28.4 Å². The molecule has 3 aromatic rings. The molecule has 2 atom stereocenters. The van der Waals surface area contributed by atoms with Crippen molar-refractivity contribution < 1.29 is 24.1 Å². The van der Waals surface area contributed by atoms with Gasteiger partial charge in [-0.2, -0.15) is 0 Å². The van der Waals surface area contributed by atoms with Crippen LogP contribution in [0.4, 0.5) is 0 Å². The van der Waals surface area contributed by atoms with Gasteiger partial charge in [-0.15, -0.1) is 0 Å². The predicted octanol–water partition coefficient (Wildman–Crippen LogP) is 4.26. The highest BCUT2D eigenvalue weighted by atomic mass is 16.5. The molecule has 3 aromatic carbocycles. The molecule has 0 radical (unpaired) electrons. The van der Waals surface area contributed by atoms with Crippen LogP contribution in [0.5, 0.6) is 11.5 Å². The third-order valence-electron chi connectivity index (χ3n) is 6.09. The number of amides is 1. The zero-order valence-electron chi connectivity index (χ0n) is 18.9. The van der Waals surface area contributed by atoms with Crippen molar-refractivity contribution >= 4 is 5.91 Å². The van der Waals surface area contributed by atoms with Gasteiger partial charge < -0.3 is 24.2 Å². The second-order valence-corrected chi connectivity index (χ2v) is 8.11. The van der Waals surface area contributed by atoms with E-state index in [1.54, 1.807) is 38.5 Å². The van der Waals surface area contributed by atoms with Crippen molar-refractivity contribution in [2.75, 3.05) is 14.2 Å². The van der Waals surface area contributed by atoms with Crippen molar-refractivity contribution in [1.82, 2.24) is 4.90 Å². The van der Waals surface area contributed by atoms with Crippen LogP contribution < -0.4 is 9.47 Å². The zero-order chi connectivity index (χ0) is 23.3. The second kappa shape index (κ2) is 10.1. The van der Waals surface area contributed by atoms with E-state index in [9.17, 15) is 9.90 Å². The minimum atomic E-state index is -1.63. The van der Waals surface area contributed by atoms with Crippen molar-refractivity contribution in [2.24, 2.45) is 0 Å². The van der Waals surface area contributed by atoms with Gasteiger partial charge in [-0.25, -0.2) is 0 Å². The Bertz CT molecular complexity index is 1050. The van der Waals surface area contributed by atoms with Crippen LogP contribution >= 0.6 is 0 Å². The molecule has 33 heavy (non-hydrogen) atoms. The summed E-state index contributed by atoms with van der Waals surface area (Å²) in [5.41, 5.74) is 0.854. The molecule has 4 rings (SSSR count). The number of carbonyl (C=O) groups is 1. The molecule has 1 unspecified atom stereocenters. The van der Waals surface area contributed by atoms with E-state index in [0.717, 1.165) is 16.9 Å². The number of aliphatic hydroxyl groups is 1. The highest BCUT2D eigenvalue weighted by Crippen LogP contribution is 2.40. The fraction of sp³-hybridized carbons (Fsp3) is 0.296. The Morgan fingerprint density at radius 3 is 2.09 bits per heavy atom. The molecule has 1 amide bonds. The summed E-state index contributed by atoms with van der Waals surface area (Å²) in [6.07, 6.45) is 0.128. The summed E-state index contributed by atoms with van der Waals surface area (Å²) < 4.78 is 16.8. The number of piperidine rings is 1. The molecule has 1 saturated heterocycles. The van der Waals surface area contributed by atoms with Gasteiger partial charge in [-0.1, -0.05) is 54.6 Å². The quantitative estimate of drug-likeness (QED) is 0.559. The summed E-state index contributed by atoms with van der Waals surface area (Å²) in [5, 5.41) is 12.2. The van der Waals surface area contributed by atoms with Crippen molar-refractivity contribution in [3.8, 4) is 11.5 Å². The third kappa shape index (κ3) is 4.87. The van der Waals surface area contributed by atoms with Gasteiger partial charge in [0.2, 0.25) is 5.91 Å². The maximum atomic E-state index is 13.1. The molecular formula is C27H29NO5. The van der Waals surface area contributed by atoms with Gasteiger partial charge in [0.15, 0.2) is 5.72 Å². The van der Waals surface area contributed by atoms with Gasteiger partial charge in [-0.05, 0) is 41.8 Å². The molecule has 1 aliphatic rings. The van der Waals surface area contributed by atoms with Gasteiger partial charge in [0.25, 0.3) is 0 Å². The summed E-state index contributed by atoms with van der Waals surface area (Å²) in [5.74, 6) is 1.29. The van der Waals surface area contributed by atoms with Crippen molar-refractivity contribution in [2.45, 2.75) is 37.8 Å². The van der Waals surface area contributed by atoms with E-state index in [2.05, 4.69) is 0 Å². The second-order valence-electron chi connectivity index (χ2n) is 8.11. The van der Waals surface area contributed by atoms with Crippen LogP contribution in [0.3, 0.4) is 0 Å². The molecule has 0 spiro atoms. The topological polar surface area (TPSA) is 68.2 Å². The first kappa shape index (κ1) is 22.8. The molecule has 0 saturated carbocycles. The minimum absolute atomic E-state index is 0.122. The third-order valence-corrected chi connectivity index (χ3v) is 6.09. The Hall–Kier alpha value is -3.35. The van der Waals surface area contributed by atoms with Gasteiger partial charge in [0.1, 0.15) is 17.6 Å². The Kier molecular flexibility index (Phi) is 6.96. The molecule has 0 bridgehead atoms. The first-order valence-electron chi connectivity index (χ1n) is 11.0. The van der Waals surface area contributed by atoms with E-state index in [4.69, 9.17) is 14.2 Å². The molecule has 1 fully saturated rings. The van der Waals surface area contributed by atoms with E-state index in [0.29, 0.717) is 30.8 Å². The maximum absolute atomic E-state index is 13.1. The number of hydrogen-bond donors (Lipinski definition) is 1. The minimum Gasteiger partial charge on any atom is -0.497 e. The Morgan fingerprint density at radius 2 is 1.48 bits per heavy atom. The Balaban J connectivity index is 1.68. The average Bonchev–Trinajstić information content (AvgIpc) is 2.87. The van der Waals surface area contributed by atoms with Crippen LogP contribution in [0.25, 0.3) is 0 Å². The maximum Gasteiger partial charge on any atom is 0.225 e. The standard InChI is InChI=1S/C27H29NO5/c1-31-23-12-8-20(9-13-23)18-28-26(29)17-16-25(33-19-21-6-4-3-5-7-21)27(28,30)22-10-14-24(32-2)15-11-22/h3-15,25,30H,16-19H2,1-2H3/t25-,27?/m0/s1. The van der Waals surface area contributed by atoms with Crippen molar-refractivity contribution in [3.63, 3.8) is 0 Å². The van der Waals surface area contributed by atoms with Crippen molar-refractivity contribution in [1.29, 1.82) is 0 Å². The lowest BCUT2D eigenvalue weighted by Gasteiger charge is -2.48. The summed E-state index contributed by atoms with van der Waals surface area (Å²) in [7, 11) is 3.20. The summed E-state index contributed by atoms with van der Waals surface area (Å²) in [6.45, 7) is 0.588. The lowest BCUT2D eigenvalue weighted by Crippen LogP contribution is -2.60. The molecule has 1 aliphatic heterocycles. The molecule has 1 heterocycles. The van der Waals surface area contributed by atoms with E-state index in [-0.39, 0.29) is 12.5 Å². The Morgan fingerprint density at radius 1 is 0.879 bits per heavy atom. The van der Waals surface area contributed by atoms with Crippen LogP contribution in [0, 0.1) is 0 Å². The Labute approximate surface area is 194 Å². The van der Waals surface area contributed by atoms with Crippen LogP contribution in [-0.4, -0.2) is 36.2 Å². The predicted molar refractivity (Wildman–Crippen MR) is 125 cm³/mol. The molecule has 6 nitrogen and oxygen atoms in total. The van der Waals surface area contributed by atoms with Gasteiger partial charge >= 0.3 is 0 Å². The highest BCUT2D eigenvalue weighted by Gasteiger charge is 2.50. The first-order valence-corrected chi connectivity index (χ1v) is 11.0. The normalized spacial score (nSPS) is 20.5. The lowest BCUT2D eigenvalue weighted by atomic mass is 9.87. The molecular weight excluding hydrogens is 418 g/mol. The number of hydrogen-bond acceptors (Lipinski definition) is 5. The van der Waals surface area contributed by atoms with Gasteiger partial charge in [-0.3, -0.25) is 4.79 Å². The van der Waals surface area contributed by atoms with Crippen LogP contribution in [0.1, 0.15) is 29.5 Å². The van der Waals surface area contributed by atoms with Crippen LogP contribution in [0.15, 0.2) is 78.9 Å². The number of ether oxygens (including phenoxy) is 3. The number of nitrogens with zero attached hydrogens (tertiary/aromatic N) is 1. The molecule has 6 heteroatoms. The fourth-order valence-electron chi connectivity index (χ4n) is 4.23. The number of rotatable bonds is 8. The lowest BCUT2D eigenvalue weighted by molar-refractivity contribution is -0.228. The number of likely N-dealkylation sites (tertiary alicyclic amines) is 1. The zero-order valence-corrected chi connectivity index (χ0v) is 18.9. The fourth-order valence-corrected chi connectivity index (χ4v) is 4.23. The monoisotopic (exact) mass is 447 g/mol. The smallest absolute Gasteiger partial charge is 0.225 e. The van der Waals surface area contributed by atoms with Crippen LogP contribution in [0.2, 0.25) is 0 Å². The summed E-state index contributed by atoms with van der Waals surface area (Å²) in [4.78, 5) is 14.6. The van der Waals surface area contributed by atoms with E-state index < -0.39 is 11.8 Å². The molecule has 0 aliphatic carbocycles. The SMILES string of the molecule is COc1ccc(CN2C(=O)CC[C@H](OCc3ccccc3)C2(O)c2ccc(OC)cc2)cc1. The van der Waals surface area contributed by atoms with E-state index in [1.165, 1.54) is 4.90 Å². The van der Waals surface area contributed by atoms with Gasteiger partial charge in [0.05, 0.1) is 20.8 Å².